The molecule has 1 saturated carbocycles. The number of nitrogens with zero attached hydrogens (tertiary/aromatic N) is 1. The van der Waals surface area contributed by atoms with Crippen molar-refractivity contribution in [3.63, 3.8) is 0 Å². The summed E-state index contributed by atoms with van der Waals surface area (Å²) in [5.41, 5.74) is 0. The van der Waals surface area contributed by atoms with Crippen molar-refractivity contribution >= 4 is 5.91 Å². The van der Waals surface area contributed by atoms with Crippen LogP contribution in [-0.4, -0.2) is 62.4 Å². The van der Waals surface area contributed by atoms with Crippen LogP contribution in [0.3, 0.4) is 0 Å². The second kappa shape index (κ2) is 6.41. The minimum atomic E-state index is 0.171. The van der Waals surface area contributed by atoms with E-state index < -0.39 is 0 Å². The lowest BCUT2D eigenvalue weighted by molar-refractivity contribution is -0.139. The first kappa shape index (κ1) is 14.3. The van der Waals surface area contributed by atoms with Crippen LogP contribution in [0.4, 0.5) is 0 Å². The second-order valence-electron chi connectivity index (χ2n) is 6.31. The van der Waals surface area contributed by atoms with Gasteiger partial charge < -0.3 is 19.7 Å². The van der Waals surface area contributed by atoms with E-state index in [-0.39, 0.29) is 6.10 Å². The minimum Gasteiger partial charge on any atom is -0.377 e. The van der Waals surface area contributed by atoms with Crippen LogP contribution < -0.4 is 5.32 Å². The number of carbonyl (C=O) groups is 1. The molecular formula is C15H26N2O3. The summed E-state index contributed by atoms with van der Waals surface area (Å²) >= 11 is 0. The van der Waals surface area contributed by atoms with Gasteiger partial charge in [-0.2, -0.15) is 0 Å². The van der Waals surface area contributed by atoms with Gasteiger partial charge in [0.2, 0.25) is 5.91 Å². The summed E-state index contributed by atoms with van der Waals surface area (Å²) < 4.78 is 10.9. The summed E-state index contributed by atoms with van der Waals surface area (Å²) in [7, 11) is 1.74. The third-order valence-electron chi connectivity index (χ3n) is 5.04. The van der Waals surface area contributed by atoms with Crippen molar-refractivity contribution in [2.45, 2.75) is 50.3 Å². The van der Waals surface area contributed by atoms with Crippen molar-refractivity contribution in [3.8, 4) is 0 Å². The summed E-state index contributed by atoms with van der Waals surface area (Å²) in [6.45, 7) is 3.23. The maximum Gasteiger partial charge on any atom is 0.225 e. The molecule has 1 amide bonds. The Labute approximate surface area is 121 Å². The summed E-state index contributed by atoms with van der Waals surface area (Å²) in [4.78, 5) is 14.3. The van der Waals surface area contributed by atoms with Crippen molar-refractivity contribution in [2.75, 3.05) is 33.4 Å². The van der Waals surface area contributed by atoms with Crippen LogP contribution in [0.2, 0.25) is 0 Å². The third kappa shape index (κ3) is 3.00. The number of hydrogen-bond acceptors (Lipinski definition) is 4. The van der Waals surface area contributed by atoms with E-state index >= 15 is 0 Å². The topological polar surface area (TPSA) is 50.8 Å². The zero-order valence-electron chi connectivity index (χ0n) is 12.3. The van der Waals surface area contributed by atoms with Gasteiger partial charge in [-0.1, -0.05) is 6.42 Å². The molecule has 0 radical (unpaired) electrons. The van der Waals surface area contributed by atoms with E-state index in [2.05, 4.69) is 10.2 Å². The fourth-order valence-electron chi connectivity index (χ4n) is 3.41. The van der Waals surface area contributed by atoms with Gasteiger partial charge in [-0.25, -0.2) is 0 Å². The molecule has 0 aromatic carbocycles. The molecule has 5 heteroatoms. The number of hydrogen-bond donors (Lipinski definition) is 1. The van der Waals surface area contributed by atoms with E-state index in [1.165, 1.54) is 6.42 Å². The van der Waals surface area contributed by atoms with Gasteiger partial charge in [0.1, 0.15) is 0 Å². The third-order valence-corrected chi connectivity index (χ3v) is 5.04. The Morgan fingerprint density at radius 1 is 1.20 bits per heavy atom. The van der Waals surface area contributed by atoms with Crippen molar-refractivity contribution in [2.24, 2.45) is 5.92 Å². The molecule has 114 valence electrons. The van der Waals surface area contributed by atoms with Crippen LogP contribution in [0.25, 0.3) is 0 Å². The number of rotatable bonds is 4. The first-order chi connectivity index (χ1) is 9.78. The standard InChI is InChI=1S/C15H26N2O3/c1-19-14-10-20-9-13(14)16-12-5-7-17(8-6-12)15(18)11-3-2-4-11/h11-14,16H,2-10H2,1H3/t13-,14-/m0/s1. The summed E-state index contributed by atoms with van der Waals surface area (Å²) in [6.07, 6.45) is 5.70. The molecule has 2 saturated heterocycles. The Kier molecular flexibility index (Phi) is 4.58. The van der Waals surface area contributed by atoms with Crippen LogP contribution in [0.15, 0.2) is 0 Å². The number of nitrogens with one attached hydrogen (secondary N) is 1. The highest BCUT2D eigenvalue weighted by atomic mass is 16.5. The van der Waals surface area contributed by atoms with E-state index in [0.29, 0.717) is 30.5 Å². The van der Waals surface area contributed by atoms with Gasteiger partial charge in [0.05, 0.1) is 25.4 Å². The van der Waals surface area contributed by atoms with Crippen molar-refractivity contribution in [1.82, 2.24) is 10.2 Å². The maximum atomic E-state index is 12.2. The summed E-state index contributed by atoms with van der Waals surface area (Å²) in [5, 5.41) is 3.65. The average molecular weight is 282 g/mol. The lowest BCUT2D eigenvalue weighted by atomic mass is 9.84. The van der Waals surface area contributed by atoms with Crippen molar-refractivity contribution in [3.05, 3.63) is 0 Å². The Morgan fingerprint density at radius 2 is 1.95 bits per heavy atom. The highest BCUT2D eigenvalue weighted by Crippen LogP contribution is 2.29. The Balaban J connectivity index is 1.43. The molecule has 2 atom stereocenters. The van der Waals surface area contributed by atoms with Crippen LogP contribution in [0.5, 0.6) is 0 Å². The van der Waals surface area contributed by atoms with Crippen LogP contribution in [0, 0.1) is 5.92 Å². The number of carbonyl (C=O) groups excluding carboxylic acids is 1. The van der Waals surface area contributed by atoms with Gasteiger partial charge in [0.15, 0.2) is 0 Å². The molecule has 20 heavy (non-hydrogen) atoms. The molecule has 3 fully saturated rings. The van der Waals surface area contributed by atoms with E-state index in [0.717, 1.165) is 45.4 Å². The monoisotopic (exact) mass is 282 g/mol. The van der Waals surface area contributed by atoms with E-state index in [4.69, 9.17) is 9.47 Å². The second-order valence-corrected chi connectivity index (χ2v) is 6.31. The van der Waals surface area contributed by atoms with Crippen molar-refractivity contribution < 1.29 is 14.3 Å². The molecule has 0 aromatic heterocycles. The quantitative estimate of drug-likeness (QED) is 0.828. The normalized spacial score (nSPS) is 32.4. The lowest BCUT2D eigenvalue weighted by Gasteiger charge is -2.37. The van der Waals surface area contributed by atoms with Gasteiger partial charge in [0.25, 0.3) is 0 Å². The smallest absolute Gasteiger partial charge is 0.225 e. The molecule has 1 N–H and O–H groups in total. The molecule has 1 aliphatic carbocycles. The van der Waals surface area contributed by atoms with Gasteiger partial charge in [-0.3, -0.25) is 4.79 Å². The molecule has 2 aliphatic heterocycles. The predicted molar refractivity (Wildman–Crippen MR) is 75.5 cm³/mol. The Morgan fingerprint density at radius 3 is 2.55 bits per heavy atom. The SMILES string of the molecule is CO[C@H]1COC[C@@H]1NC1CCN(C(=O)C2CCC2)CC1. The van der Waals surface area contributed by atoms with Gasteiger partial charge >= 0.3 is 0 Å². The largest absolute Gasteiger partial charge is 0.377 e. The Hall–Kier alpha value is -0.650. The fraction of sp³-hybridized carbons (Fsp3) is 0.933. The number of methoxy groups -OCH3 is 1. The Bertz CT molecular complexity index is 338. The molecule has 0 bridgehead atoms. The summed E-state index contributed by atoms with van der Waals surface area (Å²) in [6, 6.07) is 0.795. The first-order valence-corrected chi connectivity index (χ1v) is 7.93. The fourth-order valence-corrected chi connectivity index (χ4v) is 3.41. The van der Waals surface area contributed by atoms with Crippen LogP contribution in [0.1, 0.15) is 32.1 Å². The van der Waals surface area contributed by atoms with Crippen molar-refractivity contribution in [1.29, 1.82) is 0 Å². The summed E-state index contributed by atoms with van der Waals surface area (Å²) in [5.74, 6) is 0.731. The molecule has 3 rings (SSSR count). The van der Waals surface area contributed by atoms with E-state index in [1.807, 2.05) is 0 Å². The van der Waals surface area contributed by atoms with E-state index in [1.54, 1.807) is 7.11 Å². The minimum absolute atomic E-state index is 0.171. The number of amides is 1. The van der Waals surface area contributed by atoms with Gasteiger partial charge in [-0.15, -0.1) is 0 Å². The van der Waals surface area contributed by atoms with Gasteiger partial charge in [0, 0.05) is 32.2 Å². The van der Waals surface area contributed by atoms with E-state index in [9.17, 15) is 4.79 Å². The maximum absolute atomic E-state index is 12.2. The average Bonchev–Trinajstić information content (AvgIpc) is 2.85. The van der Waals surface area contributed by atoms with Crippen LogP contribution >= 0.6 is 0 Å². The zero-order chi connectivity index (χ0) is 13.9. The molecule has 2 heterocycles. The first-order valence-electron chi connectivity index (χ1n) is 7.93. The zero-order valence-corrected chi connectivity index (χ0v) is 12.3. The highest BCUT2D eigenvalue weighted by molar-refractivity contribution is 5.79. The van der Waals surface area contributed by atoms with Crippen LogP contribution in [-0.2, 0) is 14.3 Å². The lowest BCUT2D eigenvalue weighted by Crippen LogP contribution is -2.52. The molecular weight excluding hydrogens is 256 g/mol. The van der Waals surface area contributed by atoms with Gasteiger partial charge in [-0.05, 0) is 25.7 Å². The number of piperidine rings is 1. The molecule has 3 aliphatic rings. The number of ether oxygens (including phenoxy) is 2. The molecule has 0 aromatic rings. The molecule has 0 spiro atoms. The predicted octanol–water partition coefficient (Wildman–Crippen LogP) is 0.781. The highest BCUT2D eigenvalue weighted by Gasteiger charge is 2.34. The number of likely N-dealkylation sites (tertiary alicyclic amines) is 1. The molecule has 0 unspecified atom stereocenters. The molecule has 5 nitrogen and oxygen atoms in total.